The number of pyridine rings is 1. The molecule has 6 nitrogen and oxygen atoms in total. The Labute approximate surface area is 172 Å². The molecule has 5 heterocycles. The molecule has 0 aromatic carbocycles. The normalized spacial score (nSPS) is 25.7. The summed E-state index contributed by atoms with van der Waals surface area (Å²) in [6.07, 6.45) is 7.59. The quantitative estimate of drug-likeness (QED) is 0.798. The van der Waals surface area contributed by atoms with E-state index in [2.05, 4.69) is 47.7 Å². The second kappa shape index (κ2) is 7.17. The predicted octanol–water partition coefficient (Wildman–Crippen LogP) is 3.35. The zero-order valence-electron chi connectivity index (χ0n) is 17.4. The van der Waals surface area contributed by atoms with Gasteiger partial charge in [-0.1, -0.05) is 13.8 Å². The maximum Gasteiger partial charge on any atom is 0.251 e. The van der Waals surface area contributed by atoms with Crippen LogP contribution in [0.4, 0.5) is 5.69 Å². The Kier molecular flexibility index (Phi) is 4.62. The highest BCUT2D eigenvalue weighted by atomic mass is 16.5. The molecule has 0 bridgehead atoms. The zero-order chi connectivity index (χ0) is 20.0. The summed E-state index contributed by atoms with van der Waals surface area (Å²) in [4.78, 5) is 22.4. The first kappa shape index (κ1) is 18.7. The van der Waals surface area contributed by atoms with Crippen molar-refractivity contribution < 1.29 is 9.53 Å². The summed E-state index contributed by atoms with van der Waals surface area (Å²) in [6, 6.07) is 8.51. The van der Waals surface area contributed by atoms with Crippen molar-refractivity contribution in [2.24, 2.45) is 5.92 Å². The Morgan fingerprint density at radius 1 is 1.34 bits per heavy atom. The molecule has 6 heteroatoms. The number of nitrogens with zero attached hydrogens (tertiary/aromatic N) is 4. The first-order chi connectivity index (χ1) is 14.1. The van der Waals surface area contributed by atoms with E-state index in [-0.39, 0.29) is 17.6 Å². The van der Waals surface area contributed by atoms with Gasteiger partial charge in [-0.05, 0) is 55.9 Å². The highest BCUT2D eigenvalue weighted by Crippen LogP contribution is 2.47. The van der Waals surface area contributed by atoms with Crippen molar-refractivity contribution in [1.82, 2.24) is 14.5 Å². The third-order valence-corrected chi connectivity index (χ3v) is 6.72. The summed E-state index contributed by atoms with van der Waals surface area (Å²) in [6.45, 7) is 7.69. The highest BCUT2D eigenvalue weighted by molar-refractivity contribution is 5.82. The summed E-state index contributed by atoms with van der Waals surface area (Å²) in [7, 11) is 0. The van der Waals surface area contributed by atoms with E-state index in [0.717, 1.165) is 44.6 Å². The molecule has 0 saturated carbocycles. The van der Waals surface area contributed by atoms with Crippen molar-refractivity contribution in [2.45, 2.75) is 51.2 Å². The Morgan fingerprint density at radius 2 is 2.24 bits per heavy atom. The highest BCUT2D eigenvalue weighted by Gasteiger charge is 2.51. The van der Waals surface area contributed by atoms with Crippen molar-refractivity contribution in [3.8, 4) is 5.82 Å². The van der Waals surface area contributed by atoms with Crippen molar-refractivity contribution in [1.29, 1.82) is 0 Å². The smallest absolute Gasteiger partial charge is 0.251 e. The van der Waals surface area contributed by atoms with Crippen LogP contribution in [0.25, 0.3) is 5.82 Å². The van der Waals surface area contributed by atoms with Crippen LogP contribution in [0, 0.1) is 5.92 Å². The lowest BCUT2D eigenvalue weighted by Crippen LogP contribution is -2.53. The molecule has 1 spiro atoms. The number of rotatable bonds is 4. The summed E-state index contributed by atoms with van der Waals surface area (Å²) in [5.74, 6) is 1.77. The van der Waals surface area contributed by atoms with Gasteiger partial charge in [0, 0.05) is 38.6 Å². The van der Waals surface area contributed by atoms with Crippen LogP contribution < -0.4 is 4.90 Å². The zero-order valence-corrected chi connectivity index (χ0v) is 17.4. The lowest BCUT2D eigenvalue weighted by molar-refractivity contribution is -0.140. The largest absolute Gasteiger partial charge is 0.368 e. The standard InChI is InChI=1S/C23H30N4O2/c1-17(2)9-13-27-18-6-3-11-24-21(18)26-12-4-8-20(26)23(27)10-14-25(16-23)22(28)19-7-5-15-29-19/h3-4,6,8,11-12,17,19H,5,7,9-10,13-16H2,1-2H3/t19-,23+/m1/s1. The van der Waals surface area contributed by atoms with Gasteiger partial charge < -0.3 is 19.1 Å². The molecule has 5 rings (SSSR count). The fourth-order valence-corrected chi connectivity index (χ4v) is 5.21. The third kappa shape index (κ3) is 2.96. The lowest BCUT2D eigenvalue weighted by atomic mass is 9.88. The van der Waals surface area contributed by atoms with Gasteiger partial charge in [0.1, 0.15) is 11.6 Å². The molecule has 154 valence electrons. The SMILES string of the molecule is CC(C)CCN1c2cccnc2-n2cccc2[C@@]12CCN(C(=O)[C@H]1CCCO1)C2. The molecular weight excluding hydrogens is 364 g/mol. The van der Waals surface area contributed by atoms with Crippen molar-refractivity contribution >= 4 is 11.6 Å². The summed E-state index contributed by atoms with van der Waals surface area (Å²) < 4.78 is 7.92. The Hall–Kier alpha value is -2.34. The van der Waals surface area contributed by atoms with Gasteiger partial charge in [-0.2, -0.15) is 0 Å². The van der Waals surface area contributed by atoms with Gasteiger partial charge in [0.25, 0.3) is 5.91 Å². The molecule has 0 N–H and O–H groups in total. The Bertz CT molecular complexity index is 902. The minimum atomic E-state index is -0.251. The van der Waals surface area contributed by atoms with Gasteiger partial charge in [0.15, 0.2) is 5.82 Å². The molecule has 29 heavy (non-hydrogen) atoms. The minimum Gasteiger partial charge on any atom is -0.368 e. The molecule has 0 unspecified atom stereocenters. The molecule has 0 aliphatic carbocycles. The number of likely N-dealkylation sites (tertiary alicyclic amines) is 1. The molecule has 2 atom stereocenters. The van der Waals surface area contributed by atoms with Crippen LogP contribution in [0.5, 0.6) is 0 Å². The van der Waals surface area contributed by atoms with Gasteiger partial charge in [0.2, 0.25) is 0 Å². The average molecular weight is 395 g/mol. The van der Waals surface area contributed by atoms with E-state index in [4.69, 9.17) is 9.72 Å². The van der Waals surface area contributed by atoms with E-state index < -0.39 is 0 Å². The topological polar surface area (TPSA) is 50.6 Å². The van der Waals surface area contributed by atoms with Gasteiger partial charge in [0.05, 0.1) is 11.4 Å². The maximum atomic E-state index is 13.1. The Morgan fingerprint density at radius 3 is 3.03 bits per heavy atom. The van der Waals surface area contributed by atoms with E-state index in [1.165, 1.54) is 11.4 Å². The number of anilines is 1. The number of aromatic nitrogens is 2. The number of carbonyl (C=O) groups excluding carboxylic acids is 1. The molecule has 3 aliphatic rings. The number of carbonyl (C=O) groups is 1. The van der Waals surface area contributed by atoms with E-state index in [1.807, 2.05) is 17.2 Å². The summed E-state index contributed by atoms with van der Waals surface area (Å²) in [5.41, 5.74) is 2.21. The maximum absolute atomic E-state index is 13.1. The number of ether oxygens (including phenoxy) is 1. The molecule has 2 saturated heterocycles. The molecule has 2 aromatic rings. The van der Waals surface area contributed by atoms with Crippen LogP contribution in [0.2, 0.25) is 0 Å². The second-order valence-corrected chi connectivity index (χ2v) is 8.99. The summed E-state index contributed by atoms with van der Waals surface area (Å²) in [5, 5.41) is 0. The second-order valence-electron chi connectivity index (χ2n) is 8.99. The van der Waals surface area contributed by atoms with E-state index in [0.29, 0.717) is 19.1 Å². The van der Waals surface area contributed by atoms with Crippen LogP contribution in [-0.4, -0.2) is 52.7 Å². The minimum absolute atomic E-state index is 0.165. The van der Waals surface area contributed by atoms with Crippen LogP contribution in [0.1, 0.15) is 45.2 Å². The van der Waals surface area contributed by atoms with E-state index in [1.54, 1.807) is 0 Å². The number of amides is 1. The summed E-state index contributed by atoms with van der Waals surface area (Å²) >= 11 is 0. The predicted molar refractivity (Wildman–Crippen MR) is 112 cm³/mol. The van der Waals surface area contributed by atoms with Gasteiger partial charge in [-0.25, -0.2) is 4.98 Å². The van der Waals surface area contributed by atoms with Crippen molar-refractivity contribution in [2.75, 3.05) is 31.1 Å². The molecule has 2 aromatic heterocycles. The van der Waals surface area contributed by atoms with E-state index >= 15 is 0 Å². The average Bonchev–Trinajstić information content (AvgIpc) is 3.47. The third-order valence-electron chi connectivity index (χ3n) is 6.72. The van der Waals surface area contributed by atoms with Gasteiger partial charge in [-0.15, -0.1) is 0 Å². The van der Waals surface area contributed by atoms with Crippen LogP contribution >= 0.6 is 0 Å². The molecule has 3 aliphatic heterocycles. The number of fused-ring (bicyclic) bond motifs is 4. The fourth-order valence-electron chi connectivity index (χ4n) is 5.21. The van der Waals surface area contributed by atoms with Crippen molar-refractivity contribution in [3.05, 3.63) is 42.4 Å². The Balaban J connectivity index is 1.54. The monoisotopic (exact) mass is 394 g/mol. The molecule has 2 fully saturated rings. The molecule has 1 amide bonds. The number of hydrogen-bond acceptors (Lipinski definition) is 4. The van der Waals surface area contributed by atoms with Gasteiger partial charge >= 0.3 is 0 Å². The first-order valence-electron chi connectivity index (χ1n) is 10.9. The van der Waals surface area contributed by atoms with Gasteiger partial charge in [-0.3, -0.25) is 4.79 Å². The van der Waals surface area contributed by atoms with Crippen LogP contribution in [0.15, 0.2) is 36.7 Å². The van der Waals surface area contributed by atoms with Crippen LogP contribution in [-0.2, 0) is 15.1 Å². The first-order valence-corrected chi connectivity index (χ1v) is 10.9. The molecular formula is C23H30N4O2. The van der Waals surface area contributed by atoms with E-state index in [9.17, 15) is 4.79 Å². The van der Waals surface area contributed by atoms with Crippen LogP contribution in [0.3, 0.4) is 0 Å². The van der Waals surface area contributed by atoms with Crippen molar-refractivity contribution in [3.63, 3.8) is 0 Å². The number of hydrogen-bond donors (Lipinski definition) is 0. The fraction of sp³-hybridized carbons (Fsp3) is 0.565. The molecule has 0 radical (unpaired) electrons. The lowest BCUT2D eigenvalue weighted by Gasteiger charge is -2.47.